The van der Waals surface area contributed by atoms with E-state index in [1.165, 1.54) is 0 Å². The summed E-state index contributed by atoms with van der Waals surface area (Å²) in [6.45, 7) is 11.8. The molecule has 0 heterocycles. The fraction of sp³-hybridized carbons (Fsp3) is 0.600. The minimum absolute atomic E-state index is 0.978. The van der Waals surface area contributed by atoms with Gasteiger partial charge in [-0.2, -0.15) is 0 Å². The van der Waals surface area contributed by atoms with Gasteiger partial charge in [0.25, 0.3) is 0 Å². The van der Waals surface area contributed by atoms with Gasteiger partial charge in [-0.3, -0.25) is 0 Å². The molecule has 0 saturated carbocycles. The van der Waals surface area contributed by atoms with Crippen LogP contribution in [0.25, 0.3) is 0 Å². The van der Waals surface area contributed by atoms with E-state index in [2.05, 4.69) is 19.6 Å². The normalized spacial score (nSPS) is 11.2. The Bertz CT molecular complexity index is 49.4. The summed E-state index contributed by atoms with van der Waals surface area (Å²) in [5.74, 6) is 0. The van der Waals surface area contributed by atoms with Crippen molar-refractivity contribution in [3.8, 4) is 0 Å². The van der Waals surface area contributed by atoms with Crippen molar-refractivity contribution in [1.29, 1.82) is 0 Å². The van der Waals surface area contributed by atoms with Gasteiger partial charge >= 0.3 is 0 Å². The van der Waals surface area contributed by atoms with Crippen LogP contribution in [0.1, 0.15) is 0 Å². The second-order valence-electron chi connectivity index (χ2n) is 2.53. The van der Waals surface area contributed by atoms with Gasteiger partial charge in [0.1, 0.15) is 0 Å². The molecule has 0 aliphatic heterocycles. The Morgan fingerprint density at radius 3 is 1.50 bits per heavy atom. The van der Waals surface area contributed by atoms with E-state index in [1.807, 2.05) is 5.70 Å². The predicted octanol–water partition coefficient (Wildman–Crippen LogP) is 1.85. The van der Waals surface area contributed by atoms with Crippen LogP contribution in [-0.2, 0) is 0 Å². The Hall–Kier alpha value is -0.0431. The molecule has 0 aromatic heterocycles. The maximum atomic E-state index is 5.24. The molecular weight excluding hydrogens is 88.1 g/mol. The van der Waals surface area contributed by atoms with Crippen LogP contribution in [0.4, 0.5) is 0 Å². The summed E-state index contributed by atoms with van der Waals surface area (Å²) in [4.78, 5) is 0. The van der Waals surface area contributed by atoms with Gasteiger partial charge in [0.05, 0.1) is 8.07 Å². The molecule has 0 aromatic rings. The first-order chi connectivity index (χ1) is 2.56. The first kappa shape index (κ1) is 5.96. The lowest BCUT2D eigenvalue weighted by atomic mass is 11.3. The van der Waals surface area contributed by atoms with Gasteiger partial charge in [-0.05, 0) is 0 Å². The third-order valence-electron chi connectivity index (χ3n) is 0.500. The molecule has 0 fully saturated rings. The molecule has 0 bridgehead atoms. The van der Waals surface area contributed by atoms with Crippen LogP contribution in [0.2, 0.25) is 19.6 Å². The molecular formula is C5H11Si. The summed E-state index contributed by atoms with van der Waals surface area (Å²) < 4.78 is 0. The lowest BCUT2D eigenvalue weighted by molar-refractivity contribution is 1.78. The van der Waals surface area contributed by atoms with Crippen LogP contribution in [-0.4, -0.2) is 8.07 Å². The highest BCUT2D eigenvalue weighted by Crippen LogP contribution is 1.97. The average Bonchev–Trinajstić information content (AvgIpc) is 1.35. The number of hydrogen-bond donors (Lipinski definition) is 0. The van der Waals surface area contributed by atoms with Crippen molar-refractivity contribution in [1.82, 2.24) is 0 Å². The molecule has 0 rings (SSSR count). The van der Waals surface area contributed by atoms with Crippen molar-refractivity contribution in [2.24, 2.45) is 0 Å². The van der Waals surface area contributed by atoms with Gasteiger partial charge in [-0.1, -0.05) is 31.9 Å². The van der Waals surface area contributed by atoms with E-state index >= 15 is 0 Å². The fourth-order valence-corrected chi connectivity index (χ4v) is 0. The summed E-state index contributed by atoms with van der Waals surface area (Å²) in [5, 5.41) is 0. The molecule has 0 aliphatic rings. The van der Waals surface area contributed by atoms with E-state index in [4.69, 9.17) is 6.58 Å². The lowest BCUT2D eigenvalue weighted by Crippen LogP contribution is -2.14. The van der Waals surface area contributed by atoms with E-state index in [0.717, 1.165) is 0 Å². The monoisotopic (exact) mass is 99.1 g/mol. The van der Waals surface area contributed by atoms with Crippen molar-refractivity contribution in [2.75, 3.05) is 0 Å². The molecule has 6 heavy (non-hydrogen) atoms. The van der Waals surface area contributed by atoms with Gasteiger partial charge in [0.2, 0.25) is 0 Å². The van der Waals surface area contributed by atoms with Crippen LogP contribution in [0.15, 0.2) is 5.70 Å². The van der Waals surface area contributed by atoms with E-state index in [1.54, 1.807) is 0 Å². The SMILES string of the molecule is [CH]=C[Si](C)(C)C. The third kappa shape index (κ3) is 3.96. The highest BCUT2D eigenvalue weighted by molar-refractivity contribution is 6.80. The van der Waals surface area contributed by atoms with Gasteiger partial charge in [-0.25, -0.2) is 0 Å². The van der Waals surface area contributed by atoms with Gasteiger partial charge in [0.15, 0.2) is 0 Å². The maximum absolute atomic E-state index is 5.24. The lowest BCUT2D eigenvalue weighted by Gasteiger charge is -2.04. The van der Waals surface area contributed by atoms with Crippen molar-refractivity contribution in [3.63, 3.8) is 0 Å². The fourth-order valence-electron chi connectivity index (χ4n) is 0. The van der Waals surface area contributed by atoms with Crippen LogP contribution >= 0.6 is 0 Å². The molecule has 0 saturated heterocycles. The predicted molar refractivity (Wildman–Crippen MR) is 32.2 cm³/mol. The van der Waals surface area contributed by atoms with Gasteiger partial charge < -0.3 is 0 Å². The second-order valence-corrected chi connectivity index (χ2v) is 7.60. The molecule has 0 amide bonds. The van der Waals surface area contributed by atoms with Crippen LogP contribution in [0.5, 0.6) is 0 Å². The minimum Gasteiger partial charge on any atom is -0.0950 e. The molecule has 0 aromatic carbocycles. The molecule has 0 unspecified atom stereocenters. The quantitative estimate of drug-likeness (QED) is 0.440. The van der Waals surface area contributed by atoms with Crippen LogP contribution in [0, 0.1) is 6.58 Å². The zero-order valence-electron chi connectivity index (χ0n) is 4.65. The molecule has 0 atom stereocenters. The highest BCUT2D eigenvalue weighted by Gasteiger charge is 2.03. The maximum Gasteiger partial charge on any atom is 0.0686 e. The standard InChI is InChI=1S/C5H11Si/c1-5-6(2,3)4/h1,5H,2-4H3. The van der Waals surface area contributed by atoms with Gasteiger partial charge in [0, 0.05) is 0 Å². The first-order valence-corrected chi connectivity index (χ1v) is 5.70. The number of hydrogen-bond acceptors (Lipinski definition) is 0. The Kier molecular flexibility index (Phi) is 1.59. The summed E-state index contributed by atoms with van der Waals surface area (Å²) in [6, 6.07) is 0. The zero-order valence-corrected chi connectivity index (χ0v) is 5.65. The summed E-state index contributed by atoms with van der Waals surface area (Å²) in [5.41, 5.74) is 1.83. The first-order valence-electron chi connectivity index (χ1n) is 2.12. The van der Waals surface area contributed by atoms with Crippen LogP contribution in [0.3, 0.4) is 0 Å². The Balaban J connectivity index is 3.45. The molecule has 0 aliphatic carbocycles. The molecule has 35 valence electrons. The van der Waals surface area contributed by atoms with Gasteiger partial charge in [-0.15, -0.1) is 0 Å². The second kappa shape index (κ2) is 1.60. The van der Waals surface area contributed by atoms with E-state index in [0.29, 0.717) is 0 Å². The Labute approximate surface area is 40.9 Å². The summed E-state index contributed by atoms with van der Waals surface area (Å²) in [6.07, 6.45) is 0. The van der Waals surface area contributed by atoms with Crippen molar-refractivity contribution >= 4 is 8.07 Å². The average molecular weight is 99.2 g/mol. The molecule has 0 nitrogen and oxygen atoms in total. The Morgan fingerprint density at radius 1 is 1.33 bits per heavy atom. The highest BCUT2D eigenvalue weighted by atomic mass is 28.3. The van der Waals surface area contributed by atoms with E-state index < -0.39 is 8.07 Å². The number of rotatable bonds is 1. The molecule has 1 heteroatoms. The minimum atomic E-state index is -0.978. The van der Waals surface area contributed by atoms with E-state index in [-0.39, 0.29) is 0 Å². The smallest absolute Gasteiger partial charge is 0.0686 e. The van der Waals surface area contributed by atoms with E-state index in [9.17, 15) is 0 Å². The van der Waals surface area contributed by atoms with Crippen molar-refractivity contribution in [2.45, 2.75) is 19.6 Å². The van der Waals surface area contributed by atoms with Crippen LogP contribution < -0.4 is 0 Å². The Morgan fingerprint density at radius 2 is 1.50 bits per heavy atom. The van der Waals surface area contributed by atoms with Crippen molar-refractivity contribution in [3.05, 3.63) is 12.3 Å². The third-order valence-corrected chi connectivity index (χ3v) is 1.50. The molecule has 0 N–H and O–H groups in total. The summed E-state index contributed by atoms with van der Waals surface area (Å²) in [7, 11) is -0.978. The molecule has 1 radical (unpaired) electrons. The largest absolute Gasteiger partial charge is 0.0950 e. The zero-order chi connectivity index (χ0) is 5.21. The summed E-state index contributed by atoms with van der Waals surface area (Å²) >= 11 is 0. The topological polar surface area (TPSA) is 0 Å². The van der Waals surface area contributed by atoms with Crippen molar-refractivity contribution < 1.29 is 0 Å². The molecule has 0 spiro atoms.